The van der Waals surface area contributed by atoms with Crippen LogP contribution < -0.4 is 18.9 Å². The lowest BCUT2D eigenvalue weighted by molar-refractivity contribution is 0.103. The molecule has 0 atom stereocenters. The van der Waals surface area contributed by atoms with E-state index in [1.54, 1.807) is 60.7 Å². The van der Waals surface area contributed by atoms with Gasteiger partial charge >= 0.3 is 6.16 Å². The van der Waals surface area contributed by atoms with Crippen LogP contribution in [0.1, 0.15) is 69.7 Å². The molecule has 7 heteroatoms. The molecule has 4 rings (SSSR count). The predicted molar refractivity (Wildman–Crippen MR) is 160 cm³/mol. The number of ketones is 2. The minimum absolute atomic E-state index is 0.0313. The quantitative estimate of drug-likeness (QED) is 0.0989. The molecular weight excluding hydrogens is 532 g/mol. The number of hydrogen-bond donors (Lipinski definition) is 0. The number of ether oxygens (including phenoxy) is 4. The molecule has 0 N–H and O–H groups in total. The molecule has 0 unspecified atom stereocenters. The second kappa shape index (κ2) is 14.1. The molecule has 0 heterocycles. The van der Waals surface area contributed by atoms with Crippen LogP contribution in [0.15, 0.2) is 84.9 Å². The maximum Gasteiger partial charge on any atom is 0.519 e. The van der Waals surface area contributed by atoms with Crippen molar-refractivity contribution in [2.75, 3.05) is 14.2 Å². The Kier molecular flexibility index (Phi) is 10.1. The third-order valence-corrected chi connectivity index (χ3v) is 6.77. The summed E-state index contributed by atoms with van der Waals surface area (Å²) in [5, 5.41) is 0. The van der Waals surface area contributed by atoms with Gasteiger partial charge in [-0.2, -0.15) is 0 Å². The third kappa shape index (κ3) is 6.86. The van der Waals surface area contributed by atoms with Crippen molar-refractivity contribution in [1.82, 2.24) is 0 Å². The fourth-order valence-electron chi connectivity index (χ4n) is 4.75. The van der Waals surface area contributed by atoms with Crippen LogP contribution in [0.3, 0.4) is 0 Å². The van der Waals surface area contributed by atoms with E-state index in [1.165, 1.54) is 26.4 Å². The molecule has 7 nitrogen and oxygen atoms in total. The molecule has 42 heavy (non-hydrogen) atoms. The lowest BCUT2D eigenvalue weighted by Crippen LogP contribution is -2.17. The van der Waals surface area contributed by atoms with Crippen molar-refractivity contribution < 1.29 is 33.3 Å². The first-order valence-corrected chi connectivity index (χ1v) is 13.9. The summed E-state index contributed by atoms with van der Waals surface area (Å²) < 4.78 is 22.2. The SMILES string of the molecule is CCCc1cc(OC)c(OC(=O)Oc2cc(C(=O)c3ccccc3)c(CCC)cc2OC)cc1C(=O)c1ccccc1. The van der Waals surface area contributed by atoms with Crippen molar-refractivity contribution in [1.29, 1.82) is 0 Å². The summed E-state index contributed by atoms with van der Waals surface area (Å²) in [4.78, 5) is 39.9. The average Bonchev–Trinajstić information content (AvgIpc) is 3.02. The van der Waals surface area contributed by atoms with Gasteiger partial charge in [0.15, 0.2) is 34.6 Å². The van der Waals surface area contributed by atoms with Crippen molar-refractivity contribution >= 4 is 17.7 Å². The van der Waals surface area contributed by atoms with Gasteiger partial charge in [0.2, 0.25) is 0 Å². The van der Waals surface area contributed by atoms with Crippen LogP contribution >= 0.6 is 0 Å². The van der Waals surface area contributed by atoms with Crippen LogP contribution in [-0.4, -0.2) is 31.9 Å². The fraction of sp³-hybridized carbons (Fsp3) is 0.229. The first-order chi connectivity index (χ1) is 20.4. The predicted octanol–water partition coefficient (Wildman–Crippen LogP) is 7.65. The Hall–Kier alpha value is -4.91. The molecule has 0 saturated heterocycles. The molecule has 0 bridgehead atoms. The summed E-state index contributed by atoms with van der Waals surface area (Å²) in [6, 6.07) is 24.2. The van der Waals surface area contributed by atoms with Crippen molar-refractivity contribution in [3.63, 3.8) is 0 Å². The van der Waals surface area contributed by atoms with Gasteiger partial charge in [0.1, 0.15) is 0 Å². The molecule has 0 saturated carbocycles. The molecule has 0 aromatic heterocycles. The summed E-state index contributed by atoms with van der Waals surface area (Å²) in [6.45, 7) is 4.03. The molecule has 0 aliphatic carbocycles. The lowest BCUT2D eigenvalue weighted by atomic mass is 9.95. The molecule has 4 aromatic carbocycles. The van der Waals surface area contributed by atoms with E-state index in [0.29, 0.717) is 35.1 Å². The van der Waals surface area contributed by atoms with Crippen molar-refractivity contribution in [3.8, 4) is 23.0 Å². The van der Waals surface area contributed by atoms with Gasteiger partial charge in [-0.1, -0.05) is 87.4 Å². The van der Waals surface area contributed by atoms with Gasteiger partial charge in [-0.15, -0.1) is 0 Å². The zero-order valence-electron chi connectivity index (χ0n) is 24.3. The second-order valence-corrected chi connectivity index (χ2v) is 9.66. The highest BCUT2D eigenvalue weighted by Crippen LogP contribution is 2.36. The smallest absolute Gasteiger partial charge is 0.493 e. The Morgan fingerprint density at radius 1 is 0.548 bits per heavy atom. The normalized spacial score (nSPS) is 10.6. The van der Waals surface area contributed by atoms with Gasteiger partial charge in [0.05, 0.1) is 14.2 Å². The maximum absolute atomic E-state index is 13.4. The summed E-state index contributed by atoms with van der Waals surface area (Å²) in [5.74, 6) is 0.234. The maximum atomic E-state index is 13.4. The van der Waals surface area contributed by atoms with E-state index < -0.39 is 6.16 Å². The number of benzene rings is 4. The van der Waals surface area contributed by atoms with Gasteiger partial charge in [0.25, 0.3) is 0 Å². The van der Waals surface area contributed by atoms with E-state index in [2.05, 4.69) is 0 Å². The Labute approximate surface area is 246 Å². The number of hydrogen-bond acceptors (Lipinski definition) is 7. The molecule has 4 aromatic rings. The fourth-order valence-corrected chi connectivity index (χ4v) is 4.75. The van der Waals surface area contributed by atoms with Gasteiger partial charge < -0.3 is 18.9 Å². The Morgan fingerprint density at radius 3 is 1.26 bits per heavy atom. The molecule has 0 radical (unpaired) electrons. The highest BCUT2D eigenvalue weighted by atomic mass is 16.7. The minimum atomic E-state index is -1.07. The van der Waals surface area contributed by atoms with Crippen LogP contribution in [0, 0.1) is 0 Å². The Morgan fingerprint density at radius 2 is 0.929 bits per heavy atom. The molecule has 216 valence electrons. The largest absolute Gasteiger partial charge is 0.519 e. The highest BCUT2D eigenvalue weighted by molar-refractivity contribution is 6.11. The van der Waals surface area contributed by atoms with Crippen molar-refractivity contribution in [3.05, 3.63) is 118 Å². The Balaban J connectivity index is 1.68. The van der Waals surface area contributed by atoms with E-state index in [1.807, 2.05) is 26.0 Å². The van der Waals surface area contributed by atoms with Crippen LogP contribution in [0.4, 0.5) is 4.79 Å². The highest BCUT2D eigenvalue weighted by Gasteiger charge is 2.23. The summed E-state index contributed by atoms with van der Waals surface area (Å²) in [6.07, 6.45) is 1.80. The van der Waals surface area contributed by atoms with Crippen molar-refractivity contribution in [2.24, 2.45) is 0 Å². The first kappa shape index (κ1) is 30.1. The van der Waals surface area contributed by atoms with E-state index in [4.69, 9.17) is 18.9 Å². The molecule has 0 amide bonds. The van der Waals surface area contributed by atoms with Crippen LogP contribution in [0.2, 0.25) is 0 Å². The van der Waals surface area contributed by atoms with Gasteiger partial charge in [0, 0.05) is 22.3 Å². The third-order valence-electron chi connectivity index (χ3n) is 6.77. The standard InChI is InChI=1S/C35H34O7/c1-5-13-25-19-29(39-3)31(21-27(25)33(36)23-15-9-7-10-16-23)41-35(38)42-32-22-28(26(14-6-2)20-30(32)40-4)34(37)24-17-11-8-12-18-24/h7-12,15-22H,5-6,13-14H2,1-4H3. The second-order valence-electron chi connectivity index (χ2n) is 9.66. The molecule has 0 fully saturated rings. The average molecular weight is 567 g/mol. The van der Waals surface area contributed by atoms with Gasteiger partial charge in [-0.05, 0) is 48.2 Å². The molecular formula is C35H34O7. The van der Waals surface area contributed by atoms with Crippen LogP contribution in [-0.2, 0) is 12.8 Å². The molecule has 0 spiro atoms. The topological polar surface area (TPSA) is 88.1 Å². The van der Waals surface area contributed by atoms with Gasteiger partial charge in [-0.3, -0.25) is 9.59 Å². The number of aryl methyl sites for hydroxylation is 2. The van der Waals surface area contributed by atoms with E-state index in [9.17, 15) is 14.4 Å². The number of carbonyl (C=O) groups is 3. The summed E-state index contributed by atoms with van der Waals surface area (Å²) in [7, 11) is 2.91. The number of methoxy groups -OCH3 is 2. The van der Waals surface area contributed by atoms with E-state index >= 15 is 0 Å². The van der Waals surface area contributed by atoms with Gasteiger partial charge in [-0.25, -0.2) is 4.79 Å². The zero-order chi connectivity index (χ0) is 30.1. The van der Waals surface area contributed by atoms with E-state index in [0.717, 1.165) is 24.0 Å². The molecule has 0 aliphatic heterocycles. The first-order valence-electron chi connectivity index (χ1n) is 13.9. The van der Waals surface area contributed by atoms with Crippen LogP contribution in [0.25, 0.3) is 0 Å². The van der Waals surface area contributed by atoms with Crippen molar-refractivity contribution in [2.45, 2.75) is 39.5 Å². The summed E-state index contributed by atoms with van der Waals surface area (Å²) >= 11 is 0. The Bertz CT molecular complexity index is 1440. The number of rotatable bonds is 12. The number of carbonyl (C=O) groups excluding carboxylic acids is 3. The lowest BCUT2D eigenvalue weighted by Gasteiger charge is -2.17. The van der Waals surface area contributed by atoms with Crippen LogP contribution in [0.5, 0.6) is 23.0 Å². The monoisotopic (exact) mass is 566 g/mol. The minimum Gasteiger partial charge on any atom is -0.493 e. The van der Waals surface area contributed by atoms with E-state index in [-0.39, 0.29) is 34.6 Å². The zero-order valence-corrected chi connectivity index (χ0v) is 24.3. The summed E-state index contributed by atoms with van der Waals surface area (Å²) in [5.41, 5.74) is 3.40. The molecule has 0 aliphatic rings.